The molecule has 6 N–H and O–H groups in total. The lowest BCUT2D eigenvalue weighted by atomic mass is 9.99. The molecule has 0 amide bonds. The Kier molecular flexibility index (Phi) is 17.2. The Balaban J connectivity index is 1.67. The number of aliphatic hydroxyl groups is 5. The van der Waals surface area contributed by atoms with Gasteiger partial charge in [-0.2, -0.15) is 0 Å². The van der Waals surface area contributed by atoms with Crippen molar-refractivity contribution in [2.45, 2.75) is 132 Å². The summed E-state index contributed by atoms with van der Waals surface area (Å²) >= 11 is 0. The maximum Gasteiger partial charge on any atom is 0.241 e. The number of hydrogen-bond acceptors (Lipinski definition) is 10. The van der Waals surface area contributed by atoms with E-state index in [9.17, 15) is 34.0 Å². The Labute approximate surface area is 286 Å². The Morgan fingerprint density at radius 2 is 1.48 bits per heavy atom. The summed E-state index contributed by atoms with van der Waals surface area (Å²) in [5.41, 5.74) is 0.845. The summed E-state index contributed by atoms with van der Waals surface area (Å²) in [6.07, 6.45) is 8.68. The summed E-state index contributed by atoms with van der Waals surface area (Å²) in [6, 6.07) is 9.19. The van der Waals surface area contributed by atoms with Crippen LogP contribution in [0.25, 0.3) is 10.8 Å². The van der Waals surface area contributed by atoms with Crippen LogP contribution >= 0.6 is 0 Å². The maximum absolute atomic E-state index is 13.8. The second kappa shape index (κ2) is 20.5. The first kappa shape index (κ1) is 40.3. The number of anilines is 1. The van der Waals surface area contributed by atoms with Crippen LogP contribution in [0.1, 0.15) is 84.0 Å². The number of nitrogens with one attached hydrogen (secondary N) is 1. The van der Waals surface area contributed by atoms with Crippen LogP contribution < -0.4 is 9.62 Å². The molecule has 2 aromatic carbocycles. The van der Waals surface area contributed by atoms with Gasteiger partial charge in [-0.3, -0.25) is 0 Å². The van der Waals surface area contributed by atoms with Crippen LogP contribution in [0.5, 0.6) is 0 Å². The van der Waals surface area contributed by atoms with Crippen LogP contribution in [0, 0.1) is 0 Å². The highest BCUT2D eigenvalue weighted by Gasteiger charge is 2.44. The fraction of sp³-hybridized carbons (Fsp3) is 0.667. The number of unbranched alkanes of at least 4 members (excludes halogenated alkanes) is 11. The molecule has 0 radical (unpaired) electrons. The van der Waals surface area contributed by atoms with Gasteiger partial charge in [0.2, 0.25) is 10.0 Å². The van der Waals surface area contributed by atoms with E-state index in [1.54, 1.807) is 18.2 Å². The van der Waals surface area contributed by atoms with Crippen LogP contribution in [0.2, 0.25) is 0 Å². The number of rotatable bonds is 22. The monoisotopic (exact) mass is 694 g/mol. The van der Waals surface area contributed by atoms with Gasteiger partial charge < -0.3 is 39.9 Å². The topological polar surface area (TPSA) is 169 Å². The van der Waals surface area contributed by atoms with Gasteiger partial charge in [0, 0.05) is 30.6 Å². The van der Waals surface area contributed by atoms with Crippen LogP contribution in [0.15, 0.2) is 53.4 Å². The van der Waals surface area contributed by atoms with Crippen LogP contribution in [-0.4, -0.2) is 104 Å². The normalized spacial score (nSPS) is 23.1. The highest BCUT2D eigenvalue weighted by Crippen LogP contribution is 2.30. The number of ether oxygens (including phenoxy) is 2. The number of fused-ring (bicyclic) bond motifs is 1. The molecule has 0 aliphatic carbocycles. The third-order valence-electron chi connectivity index (χ3n) is 8.95. The van der Waals surface area contributed by atoms with Crippen molar-refractivity contribution in [1.29, 1.82) is 0 Å². The largest absolute Gasteiger partial charge is 0.394 e. The smallest absolute Gasteiger partial charge is 0.241 e. The van der Waals surface area contributed by atoms with Crippen LogP contribution in [0.3, 0.4) is 0 Å². The standard InChI is InChI=1S/C36H58N2O9S/c1-4-5-6-7-8-9-10-11-12-13-14-15-16-22-30(40)28(25-46-36-35(43)34(42)33(41)31(24-39)47-36)37-48(44,45)32-23-18-19-26-27(32)20-17-21-29(26)38(2)3/h16-23,28,30-31,33-37,39-43H,4-15,24-25H2,1-3H3/b22-16+/t28-,30+,31-,33-,34+,35-,36-/m1/s1. The average molecular weight is 695 g/mol. The summed E-state index contributed by atoms with van der Waals surface area (Å²) in [6.45, 7) is 1.15. The SMILES string of the molecule is CCCCCCCCCCCCC/C=C/[C@H](O)[C@@H](CO[C@@H]1O[C@H](CO)[C@@H](O)[C@H](O)[C@H]1O)NS(=O)(=O)c1cccc2c(N(C)C)cccc12. The molecule has 12 heteroatoms. The van der Waals surface area contributed by atoms with Crippen molar-refractivity contribution in [3.05, 3.63) is 48.6 Å². The molecule has 3 rings (SSSR count). The zero-order chi connectivity index (χ0) is 35.1. The Bertz CT molecular complexity index is 1350. The van der Waals surface area contributed by atoms with E-state index in [1.807, 2.05) is 37.2 Å². The molecule has 48 heavy (non-hydrogen) atoms. The lowest BCUT2D eigenvalue weighted by molar-refractivity contribution is -0.302. The molecule has 2 aromatic rings. The lowest BCUT2D eigenvalue weighted by Crippen LogP contribution is -2.60. The minimum Gasteiger partial charge on any atom is -0.394 e. The first-order valence-corrected chi connectivity index (χ1v) is 19.0. The molecule has 7 atom stereocenters. The first-order chi connectivity index (χ1) is 23.0. The zero-order valence-corrected chi connectivity index (χ0v) is 29.6. The van der Waals surface area contributed by atoms with Gasteiger partial charge in [-0.25, -0.2) is 13.1 Å². The molecule has 0 saturated carbocycles. The first-order valence-electron chi connectivity index (χ1n) is 17.5. The summed E-state index contributed by atoms with van der Waals surface area (Å²) in [5, 5.41) is 52.7. The predicted octanol–water partition coefficient (Wildman–Crippen LogP) is 3.99. The van der Waals surface area contributed by atoms with E-state index in [0.717, 1.165) is 36.8 Å². The number of allylic oxidation sites excluding steroid dienone is 1. The fourth-order valence-electron chi connectivity index (χ4n) is 6.05. The van der Waals surface area contributed by atoms with Crippen LogP contribution in [0.4, 0.5) is 5.69 Å². The van der Waals surface area contributed by atoms with E-state index in [-0.39, 0.29) is 4.90 Å². The molecule has 0 bridgehead atoms. The van der Waals surface area contributed by atoms with E-state index in [1.165, 1.54) is 63.5 Å². The van der Waals surface area contributed by atoms with Gasteiger partial charge in [0.15, 0.2) is 6.29 Å². The molecule has 0 spiro atoms. The van der Waals surface area contributed by atoms with Crippen molar-refractivity contribution in [3.8, 4) is 0 Å². The summed E-state index contributed by atoms with van der Waals surface area (Å²) in [5.74, 6) is 0. The average Bonchev–Trinajstić information content (AvgIpc) is 3.07. The molecule has 1 aliphatic heterocycles. The molecule has 0 aromatic heterocycles. The van der Waals surface area contributed by atoms with Crippen molar-refractivity contribution in [3.63, 3.8) is 0 Å². The summed E-state index contributed by atoms with van der Waals surface area (Å²) < 4.78 is 41.4. The molecule has 1 heterocycles. The quantitative estimate of drug-likeness (QED) is 0.0783. The Morgan fingerprint density at radius 3 is 2.10 bits per heavy atom. The Hall–Kier alpha value is -2.13. The van der Waals surface area contributed by atoms with E-state index >= 15 is 0 Å². The van der Waals surface area contributed by atoms with Gasteiger partial charge in [-0.1, -0.05) is 108 Å². The number of hydrogen-bond donors (Lipinski definition) is 6. The summed E-state index contributed by atoms with van der Waals surface area (Å²) in [4.78, 5) is 1.92. The molecule has 1 aliphatic rings. The van der Waals surface area contributed by atoms with Crippen molar-refractivity contribution in [1.82, 2.24) is 4.72 Å². The van der Waals surface area contributed by atoms with E-state index < -0.39 is 66.1 Å². The van der Waals surface area contributed by atoms with Gasteiger partial charge >= 0.3 is 0 Å². The Morgan fingerprint density at radius 1 is 0.875 bits per heavy atom. The second-order valence-corrected chi connectivity index (χ2v) is 14.7. The number of aliphatic hydroxyl groups excluding tert-OH is 5. The molecule has 272 valence electrons. The molecule has 0 unspecified atom stereocenters. The maximum atomic E-state index is 13.8. The predicted molar refractivity (Wildman–Crippen MR) is 188 cm³/mol. The fourth-order valence-corrected chi connectivity index (χ4v) is 7.51. The van der Waals surface area contributed by atoms with Crippen molar-refractivity contribution in [2.24, 2.45) is 0 Å². The molecule has 11 nitrogen and oxygen atoms in total. The number of sulfonamides is 1. The van der Waals surface area contributed by atoms with Gasteiger partial charge in [-0.05, 0) is 25.0 Å². The number of nitrogens with zero attached hydrogens (tertiary/aromatic N) is 1. The van der Waals surface area contributed by atoms with Gasteiger partial charge in [0.25, 0.3) is 0 Å². The van der Waals surface area contributed by atoms with Crippen molar-refractivity contribution >= 4 is 26.5 Å². The third-order valence-corrected chi connectivity index (χ3v) is 10.5. The van der Waals surface area contributed by atoms with Gasteiger partial charge in [-0.15, -0.1) is 0 Å². The van der Waals surface area contributed by atoms with E-state index in [0.29, 0.717) is 5.39 Å². The van der Waals surface area contributed by atoms with Gasteiger partial charge in [0.1, 0.15) is 24.4 Å². The van der Waals surface area contributed by atoms with Gasteiger partial charge in [0.05, 0.1) is 30.3 Å². The number of benzene rings is 2. The third kappa shape index (κ3) is 11.7. The highest BCUT2D eigenvalue weighted by atomic mass is 32.2. The van der Waals surface area contributed by atoms with Crippen LogP contribution in [-0.2, 0) is 19.5 Å². The molecular weight excluding hydrogens is 636 g/mol. The molecule has 1 saturated heterocycles. The lowest BCUT2D eigenvalue weighted by Gasteiger charge is -2.40. The molecule has 1 fully saturated rings. The van der Waals surface area contributed by atoms with E-state index in [2.05, 4.69) is 11.6 Å². The minimum atomic E-state index is -4.21. The second-order valence-electron chi connectivity index (χ2n) is 13.0. The highest BCUT2D eigenvalue weighted by molar-refractivity contribution is 7.89. The van der Waals surface area contributed by atoms with E-state index in [4.69, 9.17) is 9.47 Å². The summed E-state index contributed by atoms with van der Waals surface area (Å²) in [7, 11) is -0.458. The molecular formula is C36H58N2O9S. The zero-order valence-electron chi connectivity index (χ0n) is 28.8. The minimum absolute atomic E-state index is 0.0266. The van der Waals surface area contributed by atoms with Crippen molar-refractivity contribution in [2.75, 3.05) is 32.2 Å². The van der Waals surface area contributed by atoms with Crippen molar-refractivity contribution < 1.29 is 43.4 Å².